The van der Waals surface area contributed by atoms with E-state index in [0.29, 0.717) is 17.4 Å². The van der Waals surface area contributed by atoms with Crippen LogP contribution in [0, 0.1) is 0 Å². The predicted molar refractivity (Wildman–Crippen MR) is 323 cm³/mol. The fraction of sp³-hybridized carbons (Fsp3) is 0.785. The van der Waals surface area contributed by atoms with Crippen molar-refractivity contribution in [3.63, 3.8) is 0 Å². The molecule has 75 heavy (non-hydrogen) atoms. The Bertz CT molecular complexity index is 1510. The third-order valence-corrected chi connectivity index (χ3v) is 14.6. The topological polar surface area (TPSA) is 111 Å². The van der Waals surface area contributed by atoms with Gasteiger partial charge in [0.15, 0.2) is 0 Å². The molecule has 0 saturated carbocycles. The Labute approximate surface area is 463 Å². The number of likely N-dealkylation sites (N-methyl/N-ethyl adjacent to an activating group) is 1. The first-order chi connectivity index (χ1) is 36.4. The van der Waals surface area contributed by atoms with Gasteiger partial charge in [-0.25, -0.2) is 4.57 Å². The van der Waals surface area contributed by atoms with E-state index in [9.17, 15) is 19.0 Å². The third-order valence-electron chi connectivity index (χ3n) is 13.7. The smallest absolute Gasteiger partial charge is 0.456 e. The van der Waals surface area contributed by atoms with Crippen LogP contribution in [0.5, 0.6) is 0 Å². The maximum Gasteiger partial charge on any atom is 0.472 e. The van der Waals surface area contributed by atoms with Crippen molar-refractivity contribution in [1.82, 2.24) is 5.32 Å². The fourth-order valence-electron chi connectivity index (χ4n) is 8.85. The average molecular weight is 1070 g/mol. The van der Waals surface area contributed by atoms with Gasteiger partial charge in [0, 0.05) is 12.8 Å². The van der Waals surface area contributed by atoms with Crippen LogP contribution in [0.1, 0.15) is 278 Å². The van der Waals surface area contributed by atoms with E-state index in [0.717, 1.165) is 103 Å². The second-order valence-corrected chi connectivity index (χ2v) is 23.7. The van der Waals surface area contributed by atoms with Gasteiger partial charge in [0.05, 0.1) is 33.8 Å². The molecule has 0 spiro atoms. The number of rotatable bonds is 56. The first-order valence-corrected chi connectivity index (χ1v) is 32.8. The fourth-order valence-corrected chi connectivity index (χ4v) is 9.59. The van der Waals surface area contributed by atoms with Crippen molar-refractivity contribution >= 4 is 19.7 Å². The molecule has 0 radical (unpaired) electrons. The summed E-state index contributed by atoms with van der Waals surface area (Å²) in [4.78, 5) is 37.7. The van der Waals surface area contributed by atoms with E-state index in [1.54, 1.807) is 0 Å². The van der Waals surface area contributed by atoms with Crippen LogP contribution in [-0.4, -0.2) is 74.3 Å². The van der Waals surface area contributed by atoms with Gasteiger partial charge in [-0.2, -0.15) is 0 Å². The van der Waals surface area contributed by atoms with Crippen LogP contribution in [0.3, 0.4) is 0 Å². The number of hydrogen-bond donors (Lipinski definition) is 2. The Morgan fingerprint density at radius 1 is 0.480 bits per heavy atom. The zero-order valence-electron chi connectivity index (χ0n) is 49.8. The number of hydrogen-bond acceptors (Lipinski definition) is 6. The summed E-state index contributed by atoms with van der Waals surface area (Å²) in [5.41, 5.74) is 0. The Morgan fingerprint density at radius 2 is 0.853 bits per heavy atom. The lowest BCUT2D eigenvalue weighted by Gasteiger charge is -2.27. The van der Waals surface area contributed by atoms with E-state index in [4.69, 9.17) is 13.8 Å². The summed E-state index contributed by atoms with van der Waals surface area (Å²) >= 11 is 0. The largest absolute Gasteiger partial charge is 0.472 e. The van der Waals surface area contributed by atoms with E-state index < -0.39 is 20.0 Å². The number of nitrogens with one attached hydrogen (secondary N) is 1. The summed E-state index contributed by atoms with van der Waals surface area (Å²) < 4.78 is 30.7. The molecule has 0 fully saturated rings. The molecule has 0 aromatic heterocycles. The molecule has 0 aromatic carbocycles. The van der Waals surface area contributed by atoms with E-state index in [-0.39, 0.29) is 31.5 Å². The van der Waals surface area contributed by atoms with Gasteiger partial charge < -0.3 is 19.4 Å². The first-order valence-electron chi connectivity index (χ1n) is 31.3. The molecular weight excluding hydrogens is 952 g/mol. The van der Waals surface area contributed by atoms with Crippen LogP contribution in [0.4, 0.5) is 0 Å². The quantitative estimate of drug-likeness (QED) is 0.0205. The Balaban J connectivity index is 5.24. The van der Waals surface area contributed by atoms with Crippen LogP contribution in [0.25, 0.3) is 0 Å². The molecule has 9 nitrogen and oxygen atoms in total. The molecule has 10 heteroatoms. The predicted octanol–water partition coefficient (Wildman–Crippen LogP) is 19.2. The van der Waals surface area contributed by atoms with Crippen LogP contribution in [0.2, 0.25) is 0 Å². The molecule has 0 bridgehead atoms. The van der Waals surface area contributed by atoms with E-state index >= 15 is 0 Å². The molecule has 1 amide bonds. The van der Waals surface area contributed by atoms with Gasteiger partial charge in [0.25, 0.3) is 0 Å². The third kappa shape index (κ3) is 56.0. The molecular formula is C65H120N2O7P+. The molecule has 0 saturated heterocycles. The van der Waals surface area contributed by atoms with Crippen molar-refractivity contribution in [2.45, 2.75) is 290 Å². The molecule has 0 aliphatic carbocycles. The van der Waals surface area contributed by atoms with Gasteiger partial charge >= 0.3 is 13.8 Å². The van der Waals surface area contributed by atoms with Crippen LogP contribution < -0.4 is 5.32 Å². The minimum absolute atomic E-state index is 0.0374. The zero-order chi connectivity index (χ0) is 55.0. The first kappa shape index (κ1) is 72.5. The van der Waals surface area contributed by atoms with Gasteiger partial charge in [0.2, 0.25) is 5.91 Å². The van der Waals surface area contributed by atoms with Gasteiger partial charge in [-0.15, -0.1) is 0 Å². The molecule has 0 rings (SSSR count). The maximum atomic E-state index is 13.5. The highest BCUT2D eigenvalue weighted by atomic mass is 31.2. The second-order valence-electron chi connectivity index (χ2n) is 22.2. The number of carbonyl (C=O) groups excluding carboxylic acids is 2. The molecule has 0 aliphatic heterocycles. The summed E-state index contributed by atoms with van der Waals surface area (Å²) in [6, 6.07) is -0.853. The summed E-state index contributed by atoms with van der Waals surface area (Å²) in [6.45, 7) is 6.90. The molecule has 2 N–H and O–H groups in total. The van der Waals surface area contributed by atoms with Crippen LogP contribution in [-0.2, 0) is 27.9 Å². The zero-order valence-corrected chi connectivity index (χ0v) is 50.7. The standard InChI is InChI=1S/C65H119N2O7P/c1-7-10-13-16-19-22-25-28-29-30-31-32-33-34-35-36-37-40-43-46-49-52-55-58-65(69)74-63(56-53-50-47-44-41-38-26-23-20-17-14-11-8-2)62(61-73-75(70,71)72-60-59-67(4,5)6)66-64(68)57-54-51-48-45-42-39-27-24-21-18-15-12-9-3/h10,13,19,22,28-29,31-32,34-35,53,56,62-63H,7-9,11-12,14-18,20-21,23-27,30,33,36-52,54-55,57-61H2,1-6H3,(H-,66,68,70,71)/p+1/b13-10-,22-19-,29-28-,32-31-,35-34-,56-53+. The number of quaternary nitrogens is 1. The number of esters is 1. The Hall–Kier alpha value is -2.55. The molecule has 0 aromatic rings. The van der Waals surface area contributed by atoms with Crippen LogP contribution in [0.15, 0.2) is 72.9 Å². The average Bonchev–Trinajstić information content (AvgIpc) is 3.37. The molecule has 3 unspecified atom stereocenters. The summed E-state index contributed by atoms with van der Waals surface area (Å²) in [5.74, 6) is -0.512. The lowest BCUT2D eigenvalue weighted by Crippen LogP contribution is -2.47. The number of amides is 1. The number of phosphoric ester groups is 1. The van der Waals surface area contributed by atoms with Crippen molar-refractivity contribution in [2.24, 2.45) is 0 Å². The number of nitrogens with zero attached hydrogens (tertiary/aromatic N) is 1. The van der Waals surface area contributed by atoms with Gasteiger partial charge in [-0.3, -0.25) is 18.6 Å². The number of phosphoric acid groups is 1. The Morgan fingerprint density at radius 3 is 1.28 bits per heavy atom. The lowest BCUT2D eigenvalue weighted by molar-refractivity contribution is -0.870. The number of carbonyl (C=O) groups is 2. The number of unbranched alkanes of at least 4 members (excludes halogenated alkanes) is 30. The second kappa shape index (κ2) is 54.8. The highest BCUT2D eigenvalue weighted by Crippen LogP contribution is 2.43. The normalized spacial score (nSPS) is 14.2. The van der Waals surface area contributed by atoms with Crippen molar-refractivity contribution in [2.75, 3.05) is 40.9 Å². The van der Waals surface area contributed by atoms with Crippen molar-refractivity contribution < 1.29 is 37.3 Å². The minimum Gasteiger partial charge on any atom is -0.456 e. The van der Waals surface area contributed by atoms with Gasteiger partial charge in [-0.1, -0.05) is 261 Å². The van der Waals surface area contributed by atoms with E-state index in [1.807, 2.05) is 33.3 Å². The maximum absolute atomic E-state index is 13.5. The van der Waals surface area contributed by atoms with Gasteiger partial charge in [-0.05, 0) is 76.7 Å². The minimum atomic E-state index is -4.45. The molecule has 0 heterocycles. The van der Waals surface area contributed by atoms with Crippen molar-refractivity contribution in [3.8, 4) is 0 Å². The van der Waals surface area contributed by atoms with Crippen molar-refractivity contribution in [3.05, 3.63) is 72.9 Å². The SMILES string of the molecule is CC/C=C\C/C=C\C/C=C\C/C=C\C/C=C\CCCCCCCCCC(=O)OC(/C=C/CCCCCCCCCCCCC)C(COP(=O)(O)OCC[N+](C)(C)C)NC(=O)CCCCCCCCCCCCCCC. The summed E-state index contributed by atoms with van der Waals surface area (Å²) in [6.07, 6.45) is 70.3. The van der Waals surface area contributed by atoms with E-state index in [2.05, 4.69) is 86.8 Å². The number of allylic oxidation sites excluding steroid dienone is 11. The number of ether oxygens (including phenoxy) is 1. The van der Waals surface area contributed by atoms with Gasteiger partial charge in [0.1, 0.15) is 19.3 Å². The highest BCUT2D eigenvalue weighted by molar-refractivity contribution is 7.47. The summed E-state index contributed by atoms with van der Waals surface area (Å²) in [5, 5.41) is 3.05. The van der Waals surface area contributed by atoms with Crippen LogP contribution >= 0.6 is 7.82 Å². The molecule has 436 valence electrons. The molecule has 0 aliphatic rings. The monoisotopic (exact) mass is 1070 g/mol. The Kier molecular flexibility index (Phi) is 52.9. The van der Waals surface area contributed by atoms with E-state index in [1.165, 1.54) is 141 Å². The highest BCUT2D eigenvalue weighted by Gasteiger charge is 2.30. The van der Waals surface area contributed by atoms with Crippen molar-refractivity contribution in [1.29, 1.82) is 0 Å². The lowest BCUT2D eigenvalue weighted by atomic mass is 10.0. The molecule has 3 atom stereocenters. The summed E-state index contributed by atoms with van der Waals surface area (Å²) in [7, 11) is 1.49.